The first-order valence-electron chi connectivity index (χ1n) is 7.94. The van der Waals surface area contributed by atoms with E-state index in [0.29, 0.717) is 6.04 Å². The molecule has 0 radical (unpaired) electrons. The maximum atomic E-state index is 5.35. The van der Waals surface area contributed by atoms with Crippen LogP contribution < -0.4 is 10.6 Å². The molecule has 0 amide bonds. The van der Waals surface area contributed by atoms with Crippen molar-refractivity contribution in [1.29, 1.82) is 0 Å². The predicted molar refractivity (Wildman–Crippen MR) is 100 cm³/mol. The first-order valence-corrected chi connectivity index (χ1v) is 7.94. The van der Waals surface area contributed by atoms with Crippen LogP contribution in [0.15, 0.2) is 27.8 Å². The van der Waals surface area contributed by atoms with E-state index in [1.54, 1.807) is 13.4 Å². The first-order chi connectivity index (χ1) is 10.4. The summed E-state index contributed by atoms with van der Waals surface area (Å²) in [5.74, 6) is 1.92. The molecule has 1 fully saturated rings. The van der Waals surface area contributed by atoms with Gasteiger partial charge in [0.25, 0.3) is 0 Å². The summed E-state index contributed by atoms with van der Waals surface area (Å²) in [4.78, 5) is 4.63. The smallest absolute Gasteiger partial charge is 0.191 e. The molecule has 0 bridgehead atoms. The minimum atomic E-state index is 0. The number of rotatable bonds is 8. The molecule has 0 atom stereocenters. The highest BCUT2D eigenvalue weighted by atomic mass is 127. The maximum Gasteiger partial charge on any atom is 0.191 e. The third kappa shape index (κ3) is 7.49. The van der Waals surface area contributed by atoms with E-state index in [1.807, 2.05) is 12.1 Å². The molecule has 5 nitrogen and oxygen atoms in total. The number of halogens is 1. The summed E-state index contributed by atoms with van der Waals surface area (Å²) in [6.45, 7) is 2.37. The Bertz CT molecular complexity index is 404. The molecule has 0 unspecified atom stereocenters. The SMILES string of the molecule is COCCCN=C(NCCc1ccco1)NC1CCCC1.I. The van der Waals surface area contributed by atoms with Crippen molar-refractivity contribution < 1.29 is 9.15 Å². The molecule has 6 heteroatoms. The zero-order chi connectivity index (χ0) is 14.8. The molecule has 1 heterocycles. The number of guanidine groups is 1. The van der Waals surface area contributed by atoms with Crippen molar-refractivity contribution in [3.63, 3.8) is 0 Å². The number of nitrogens with zero attached hydrogens (tertiary/aromatic N) is 1. The zero-order valence-corrected chi connectivity index (χ0v) is 15.7. The summed E-state index contributed by atoms with van der Waals surface area (Å²) in [5, 5.41) is 6.94. The standard InChI is InChI=1S/C16H27N3O2.HI/c1-20-12-5-10-17-16(19-14-6-2-3-7-14)18-11-9-15-8-4-13-21-15;/h4,8,13-14H,2-3,5-7,9-12H2,1H3,(H2,17,18,19);1H. The van der Waals surface area contributed by atoms with Gasteiger partial charge in [0.05, 0.1) is 6.26 Å². The molecular formula is C16H28IN3O2. The second-order valence-electron chi connectivity index (χ2n) is 5.46. The number of nitrogens with one attached hydrogen (secondary N) is 2. The molecule has 1 aliphatic carbocycles. The lowest BCUT2D eigenvalue weighted by Crippen LogP contribution is -2.43. The lowest BCUT2D eigenvalue weighted by atomic mass is 10.2. The summed E-state index contributed by atoms with van der Waals surface area (Å²) in [6, 6.07) is 4.50. The van der Waals surface area contributed by atoms with E-state index in [9.17, 15) is 0 Å². The van der Waals surface area contributed by atoms with E-state index in [0.717, 1.165) is 44.3 Å². The molecule has 1 aliphatic rings. The van der Waals surface area contributed by atoms with Crippen LogP contribution in [-0.2, 0) is 11.2 Å². The van der Waals surface area contributed by atoms with Gasteiger partial charge in [0.15, 0.2) is 5.96 Å². The first kappa shape index (κ1) is 19.3. The van der Waals surface area contributed by atoms with Crippen LogP contribution >= 0.6 is 24.0 Å². The van der Waals surface area contributed by atoms with E-state index in [4.69, 9.17) is 9.15 Å². The van der Waals surface area contributed by atoms with Gasteiger partial charge >= 0.3 is 0 Å². The lowest BCUT2D eigenvalue weighted by molar-refractivity contribution is 0.197. The van der Waals surface area contributed by atoms with Crippen LogP contribution in [-0.4, -0.2) is 38.8 Å². The zero-order valence-electron chi connectivity index (χ0n) is 13.3. The number of hydrogen-bond donors (Lipinski definition) is 2. The number of ether oxygens (including phenoxy) is 1. The van der Waals surface area contributed by atoms with Gasteiger partial charge in [-0.15, -0.1) is 24.0 Å². The molecule has 0 spiro atoms. The fourth-order valence-corrected chi connectivity index (χ4v) is 2.57. The van der Waals surface area contributed by atoms with Crippen LogP contribution in [0.4, 0.5) is 0 Å². The van der Waals surface area contributed by atoms with Crippen molar-refractivity contribution in [2.24, 2.45) is 4.99 Å². The molecule has 0 saturated heterocycles. The van der Waals surface area contributed by atoms with Gasteiger partial charge in [-0.25, -0.2) is 0 Å². The van der Waals surface area contributed by atoms with Crippen molar-refractivity contribution in [3.05, 3.63) is 24.2 Å². The predicted octanol–water partition coefficient (Wildman–Crippen LogP) is 2.95. The van der Waals surface area contributed by atoms with Gasteiger partial charge in [0.2, 0.25) is 0 Å². The van der Waals surface area contributed by atoms with E-state index in [1.165, 1.54) is 25.7 Å². The largest absolute Gasteiger partial charge is 0.469 e. The topological polar surface area (TPSA) is 58.8 Å². The third-order valence-electron chi connectivity index (χ3n) is 3.72. The fourth-order valence-electron chi connectivity index (χ4n) is 2.57. The molecule has 0 aromatic carbocycles. The highest BCUT2D eigenvalue weighted by molar-refractivity contribution is 14.0. The average Bonchev–Trinajstić information content (AvgIpc) is 3.16. The number of aliphatic imine (C=N–C) groups is 1. The number of furan rings is 1. The van der Waals surface area contributed by atoms with Crippen LogP contribution in [0.2, 0.25) is 0 Å². The highest BCUT2D eigenvalue weighted by Gasteiger charge is 2.15. The Morgan fingerprint density at radius 3 is 2.91 bits per heavy atom. The van der Waals surface area contributed by atoms with Crippen LogP contribution in [0.1, 0.15) is 37.9 Å². The maximum absolute atomic E-state index is 5.35. The van der Waals surface area contributed by atoms with Gasteiger partial charge in [-0.3, -0.25) is 4.99 Å². The molecule has 1 saturated carbocycles. The second kappa shape index (κ2) is 11.8. The Balaban J connectivity index is 0.00000242. The Morgan fingerprint density at radius 1 is 1.41 bits per heavy atom. The van der Waals surface area contributed by atoms with Crippen molar-refractivity contribution in [3.8, 4) is 0 Å². The molecular weight excluding hydrogens is 393 g/mol. The molecule has 2 N–H and O–H groups in total. The normalized spacial score (nSPS) is 15.6. The van der Waals surface area contributed by atoms with E-state index < -0.39 is 0 Å². The number of hydrogen-bond acceptors (Lipinski definition) is 3. The summed E-state index contributed by atoms with van der Waals surface area (Å²) in [6.07, 6.45) is 8.67. The average molecular weight is 421 g/mol. The summed E-state index contributed by atoms with van der Waals surface area (Å²) in [5.41, 5.74) is 0. The summed E-state index contributed by atoms with van der Waals surface area (Å²) < 4.78 is 10.4. The molecule has 2 rings (SSSR count). The van der Waals surface area contributed by atoms with Crippen LogP contribution in [0.5, 0.6) is 0 Å². The Morgan fingerprint density at radius 2 is 2.23 bits per heavy atom. The van der Waals surface area contributed by atoms with E-state index in [2.05, 4.69) is 15.6 Å². The molecule has 126 valence electrons. The lowest BCUT2D eigenvalue weighted by Gasteiger charge is -2.17. The van der Waals surface area contributed by atoms with E-state index in [-0.39, 0.29) is 24.0 Å². The van der Waals surface area contributed by atoms with Crippen LogP contribution in [0.25, 0.3) is 0 Å². The van der Waals surface area contributed by atoms with Gasteiger partial charge in [-0.2, -0.15) is 0 Å². The third-order valence-corrected chi connectivity index (χ3v) is 3.72. The van der Waals surface area contributed by atoms with Crippen molar-refractivity contribution in [2.45, 2.75) is 44.6 Å². The van der Waals surface area contributed by atoms with Crippen molar-refractivity contribution >= 4 is 29.9 Å². The van der Waals surface area contributed by atoms with Gasteiger partial charge in [0, 0.05) is 39.3 Å². The number of methoxy groups -OCH3 is 1. The Hall–Kier alpha value is -0.760. The van der Waals surface area contributed by atoms with Gasteiger partial charge in [-0.05, 0) is 31.4 Å². The summed E-state index contributed by atoms with van der Waals surface area (Å²) >= 11 is 0. The fraction of sp³-hybridized carbons (Fsp3) is 0.688. The Labute approximate surface area is 150 Å². The minimum Gasteiger partial charge on any atom is -0.469 e. The minimum absolute atomic E-state index is 0. The highest BCUT2D eigenvalue weighted by Crippen LogP contribution is 2.17. The van der Waals surface area contributed by atoms with Gasteiger partial charge < -0.3 is 19.8 Å². The summed E-state index contributed by atoms with van der Waals surface area (Å²) in [7, 11) is 1.73. The van der Waals surface area contributed by atoms with Crippen LogP contribution in [0.3, 0.4) is 0 Å². The second-order valence-corrected chi connectivity index (χ2v) is 5.46. The molecule has 1 aromatic rings. The van der Waals surface area contributed by atoms with Crippen molar-refractivity contribution in [1.82, 2.24) is 10.6 Å². The molecule has 22 heavy (non-hydrogen) atoms. The van der Waals surface area contributed by atoms with Crippen LogP contribution in [0, 0.1) is 0 Å². The van der Waals surface area contributed by atoms with Crippen molar-refractivity contribution in [2.75, 3.05) is 26.8 Å². The molecule has 1 aromatic heterocycles. The van der Waals surface area contributed by atoms with E-state index >= 15 is 0 Å². The monoisotopic (exact) mass is 421 g/mol. The van der Waals surface area contributed by atoms with Gasteiger partial charge in [-0.1, -0.05) is 12.8 Å². The molecule has 0 aliphatic heterocycles. The van der Waals surface area contributed by atoms with Gasteiger partial charge in [0.1, 0.15) is 5.76 Å². The Kier molecular flexibility index (Phi) is 10.3. The quantitative estimate of drug-likeness (QED) is 0.293.